The molecule has 1 aromatic heterocycles. The Morgan fingerprint density at radius 2 is 1.62 bits per heavy atom. The van der Waals surface area contributed by atoms with Crippen molar-refractivity contribution in [3.63, 3.8) is 0 Å². The molecule has 2 aromatic rings. The normalized spacial score (nSPS) is 18.8. The smallest absolute Gasteiger partial charge is 0.227 e. The van der Waals surface area contributed by atoms with E-state index < -0.39 is 10.0 Å². The van der Waals surface area contributed by atoms with Gasteiger partial charge in [0.1, 0.15) is 11.6 Å². The van der Waals surface area contributed by atoms with Crippen molar-refractivity contribution in [3.05, 3.63) is 47.9 Å². The first kappa shape index (κ1) is 20.0. The molecule has 156 valence electrons. The van der Waals surface area contributed by atoms with Gasteiger partial charge in [0.25, 0.3) is 0 Å². The van der Waals surface area contributed by atoms with E-state index in [2.05, 4.69) is 19.8 Å². The van der Waals surface area contributed by atoms with Crippen LogP contribution in [0.3, 0.4) is 0 Å². The fourth-order valence-electron chi connectivity index (χ4n) is 3.51. The van der Waals surface area contributed by atoms with E-state index in [9.17, 15) is 12.8 Å². The Balaban J connectivity index is 1.38. The zero-order valence-corrected chi connectivity index (χ0v) is 16.9. The first-order chi connectivity index (χ1) is 14.0. The summed E-state index contributed by atoms with van der Waals surface area (Å²) in [6, 6.07) is 7.44. The van der Waals surface area contributed by atoms with Crippen molar-refractivity contribution in [1.29, 1.82) is 0 Å². The zero-order chi connectivity index (χ0) is 20.3. The highest BCUT2D eigenvalue weighted by Gasteiger charge is 2.28. The van der Waals surface area contributed by atoms with Gasteiger partial charge in [-0.15, -0.1) is 0 Å². The summed E-state index contributed by atoms with van der Waals surface area (Å²) in [7, 11) is -3.45. The average molecular weight is 421 g/mol. The molecule has 2 fully saturated rings. The van der Waals surface area contributed by atoms with Crippen LogP contribution in [0.15, 0.2) is 36.5 Å². The number of benzene rings is 1. The van der Waals surface area contributed by atoms with E-state index in [0.717, 1.165) is 18.9 Å². The van der Waals surface area contributed by atoms with E-state index in [1.807, 2.05) is 6.07 Å². The molecule has 0 aliphatic carbocycles. The van der Waals surface area contributed by atoms with Gasteiger partial charge in [0.15, 0.2) is 0 Å². The maximum absolute atomic E-state index is 13.0. The Hall–Kier alpha value is -2.30. The van der Waals surface area contributed by atoms with E-state index in [1.165, 1.54) is 28.6 Å². The molecule has 0 atom stereocenters. The van der Waals surface area contributed by atoms with Crippen molar-refractivity contribution in [1.82, 2.24) is 14.3 Å². The van der Waals surface area contributed by atoms with Gasteiger partial charge in [-0.1, -0.05) is 12.1 Å². The number of hydrogen-bond acceptors (Lipinski definition) is 7. The van der Waals surface area contributed by atoms with Crippen LogP contribution in [0.4, 0.5) is 16.2 Å². The fourth-order valence-corrected chi connectivity index (χ4v) is 5.02. The van der Waals surface area contributed by atoms with Crippen LogP contribution in [0.2, 0.25) is 0 Å². The van der Waals surface area contributed by atoms with Crippen molar-refractivity contribution < 1.29 is 17.5 Å². The molecule has 4 rings (SSSR count). The van der Waals surface area contributed by atoms with Crippen LogP contribution in [0.5, 0.6) is 0 Å². The lowest BCUT2D eigenvalue weighted by atomic mass is 10.2. The Morgan fingerprint density at radius 3 is 2.31 bits per heavy atom. The topological polar surface area (TPSA) is 78.9 Å². The average Bonchev–Trinajstić information content (AvgIpc) is 2.76. The molecule has 2 aliphatic heterocycles. The molecule has 0 saturated carbocycles. The molecule has 8 nitrogen and oxygen atoms in total. The van der Waals surface area contributed by atoms with E-state index in [0.29, 0.717) is 50.9 Å². The number of morpholine rings is 1. The van der Waals surface area contributed by atoms with Crippen LogP contribution in [0.1, 0.15) is 5.56 Å². The molecular weight excluding hydrogens is 397 g/mol. The second-order valence-corrected chi connectivity index (χ2v) is 9.05. The van der Waals surface area contributed by atoms with Crippen molar-refractivity contribution >= 4 is 21.8 Å². The van der Waals surface area contributed by atoms with E-state index >= 15 is 0 Å². The number of rotatable bonds is 5. The highest BCUT2D eigenvalue weighted by atomic mass is 32.2. The van der Waals surface area contributed by atoms with Crippen molar-refractivity contribution in [2.24, 2.45) is 0 Å². The van der Waals surface area contributed by atoms with Gasteiger partial charge in [0, 0.05) is 45.5 Å². The predicted molar refractivity (Wildman–Crippen MR) is 108 cm³/mol. The summed E-state index contributed by atoms with van der Waals surface area (Å²) >= 11 is 0. The lowest BCUT2D eigenvalue weighted by Crippen LogP contribution is -2.49. The quantitative estimate of drug-likeness (QED) is 0.715. The lowest BCUT2D eigenvalue weighted by Gasteiger charge is -2.35. The molecule has 0 radical (unpaired) electrons. The highest BCUT2D eigenvalue weighted by molar-refractivity contribution is 7.88. The molecule has 2 saturated heterocycles. The number of piperazine rings is 1. The van der Waals surface area contributed by atoms with Crippen LogP contribution in [-0.4, -0.2) is 75.2 Å². The first-order valence-corrected chi connectivity index (χ1v) is 11.3. The first-order valence-electron chi connectivity index (χ1n) is 9.64. The SMILES string of the molecule is O=S(=O)(Cc1ccc(F)cc1)N1CCN(c2ccnc(N3CCOCC3)n2)CC1. The largest absolute Gasteiger partial charge is 0.378 e. The molecule has 0 N–H and O–H groups in total. The minimum Gasteiger partial charge on any atom is -0.378 e. The molecule has 0 amide bonds. The number of nitrogens with zero attached hydrogens (tertiary/aromatic N) is 5. The molecule has 0 bridgehead atoms. The van der Waals surface area contributed by atoms with Crippen LogP contribution in [0, 0.1) is 5.82 Å². The van der Waals surface area contributed by atoms with Crippen molar-refractivity contribution in [2.45, 2.75) is 5.75 Å². The van der Waals surface area contributed by atoms with Crippen molar-refractivity contribution in [3.8, 4) is 0 Å². The lowest BCUT2D eigenvalue weighted by molar-refractivity contribution is 0.122. The monoisotopic (exact) mass is 421 g/mol. The van der Waals surface area contributed by atoms with E-state index in [1.54, 1.807) is 6.20 Å². The van der Waals surface area contributed by atoms with Gasteiger partial charge in [-0.25, -0.2) is 17.8 Å². The third-order valence-electron chi connectivity index (χ3n) is 5.14. The second kappa shape index (κ2) is 8.60. The maximum atomic E-state index is 13.0. The molecule has 1 aromatic carbocycles. The number of aromatic nitrogens is 2. The molecule has 0 spiro atoms. The van der Waals surface area contributed by atoms with Gasteiger partial charge in [-0.05, 0) is 23.8 Å². The van der Waals surface area contributed by atoms with Gasteiger partial charge < -0.3 is 14.5 Å². The predicted octanol–water partition coefficient (Wildman–Crippen LogP) is 1.10. The highest BCUT2D eigenvalue weighted by Crippen LogP contribution is 2.20. The molecule has 0 unspecified atom stereocenters. The second-order valence-electron chi connectivity index (χ2n) is 7.08. The number of hydrogen-bond donors (Lipinski definition) is 0. The summed E-state index contributed by atoms with van der Waals surface area (Å²) in [4.78, 5) is 13.2. The van der Waals surface area contributed by atoms with Gasteiger partial charge in [0.2, 0.25) is 16.0 Å². The summed E-state index contributed by atoms with van der Waals surface area (Å²) in [5, 5.41) is 0. The summed E-state index contributed by atoms with van der Waals surface area (Å²) < 4.78 is 45.3. The van der Waals surface area contributed by atoms with Crippen molar-refractivity contribution in [2.75, 3.05) is 62.3 Å². The third-order valence-corrected chi connectivity index (χ3v) is 6.99. The number of anilines is 2. The zero-order valence-electron chi connectivity index (χ0n) is 16.1. The Labute approximate surface area is 170 Å². The van der Waals surface area contributed by atoms with Gasteiger partial charge in [0.05, 0.1) is 19.0 Å². The maximum Gasteiger partial charge on any atom is 0.227 e. The number of ether oxygens (including phenoxy) is 1. The summed E-state index contributed by atoms with van der Waals surface area (Å²) in [5.74, 6) is 0.984. The molecule has 10 heteroatoms. The van der Waals surface area contributed by atoms with E-state index in [4.69, 9.17) is 4.74 Å². The van der Waals surface area contributed by atoms with E-state index in [-0.39, 0.29) is 11.6 Å². The Kier molecular flexibility index (Phi) is 5.93. The summed E-state index contributed by atoms with van der Waals surface area (Å²) in [6.07, 6.45) is 1.74. The van der Waals surface area contributed by atoms with Gasteiger partial charge in [-0.3, -0.25) is 0 Å². The van der Waals surface area contributed by atoms with Crippen LogP contribution >= 0.6 is 0 Å². The minimum absolute atomic E-state index is 0.123. The number of sulfonamides is 1. The third kappa shape index (κ3) is 4.82. The van der Waals surface area contributed by atoms with Crippen LogP contribution < -0.4 is 9.80 Å². The fraction of sp³-hybridized carbons (Fsp3) is 0.474. The molecule has 29 heavy (non-hydrogen) atoms. The summed E-state index contributed by atoms with van der Waals surface area (Å²) in [5.41, 5.74) is 0.583. The molecule has 3 heterocycles. The summed E-state index contributed by atoms with van der Waals surface area (Å²) in [6.45, 7) is 4.75. The van der Waals surface area contributed by atoms with Crippen LogP contribution in [-0.2, 0) is 20.5 Å². The Morgan fingerprint density at radius 1 is 0.931 bits per heavy atom. The van der Waals surface area contributed by atoms with Gasteiger partial charge in [-0.2, -0.15) is 9.29 Å². The molecule has 2 aliphatic rings. The Bertz CT molecular complexity index is 927. The van der Waals surface area contributed by atoms with Gasteiger partial charge >= 0.3 is 0 Å². The minimum atomic E-state index is -3.45. The number of halogens is 1. The van der Waals surface area contributed by atoms with Crippen LogP contribution in [0.25, 0.3) is 0 Å². The standard InChI is InChI=1S/C19H24FN5O3S/c20-17-3-1-16(2-4-17)15-29(26,27)25-9-7-23(8-10-25)18-5-6-21-19(22-18)24-11-13-28-14-12-24/h1-6H,7-15H2. The molecular formula is C19H24FN5O3S.